The average molecular weight is 1080 g/mol. The fourth-order valence-electron chi connectivity index (χ4n) is 7.55. The van der Waals surface area contributed by atoms with Crippen LogP contribution in [0.5, 0.6) is 11.5 Å². The molecule has 0 aliphatic carbocycles. The number of carbonyl (C=O) groups excluding carboxylic acids is 2. The molecule has 2 atom stereocenters. The van der Waals surface area contributed by atoms with Crippen molar-refractivity contribution in [3.63, 3.8) is 0 Å². The van der Waals surface area contributed by atoms with Crippen LogP contribution in [0.1, 0.15) is 43.0 Å². The summed E-state index contributed by atoms with van der Waals surface area (Å²) in [6.07, 6.45) is -1.46. The Morgan fingerprint density at radius 2 is 1.07 bits per heavy atom. The second-order valence-electron chi connectivity index (χ2n) is 16.0. The van der Waals surface area contributed by atoms with Crippen molar-refractivity contribution in [1.82, 2.24) is 0 Å². The zero-order valence-corrected chi connectivity index (χ0v) is 41.4. The molecule has 0 bridgehead atoms. The molecule has 0 saturated heterocycles. The summed E-state index contributed by atoms with van der Waals surface area (Å²) < 4.78 is 124. The normalized spacial score (nSPS) is 15.3. The van der Waals surface area contributed by atoms with Crippen LogP contribution in [0.25, 0.3) is 0 Å². The van der Waals surface area contributed by atoms with E-state index in [1.807, 2.05) is 12.1 Å². The number of aliphatic hydroxyl groups excluding tert-OH is 1. The average Bonchev–Trinajstić information content (AvgIpc) is 3.35. The van der Waals surface area contributed by atoms with Gasteiger partial charge in [0.1, 0.15) is 41.9 Å². The topological polar surface area (TPSA) is 239 Å². The van der Waals surface area contributed by atoms with Crippen molar-refractivity contribution in [2.75, 3.05) is 41.2 Å². The van der Waals surface area contributed by atoms with E-state index in [-0.39, 0.29) is 90.9 Å². The molecule has 0 unspecified atom stereocenters. The lowest BCUT2D eigenvalue weighted by atomic mass is 10.0. The molecule has 1 N–H and O–H groups in total. The Kier molecular flexibility index (Phi) is 16.0. The van der Waals surface area contributed by atoms with E-state index in [2.05, 4.69) is 0 Å². The minimum absolute atomic E-state index is 0.0151. The summed E-state index contributed by atoms with van der Waals surface area (Å²) in [5.41, 5.74) is 0.792. The second kappa shape index (κ2) is 21.8. The summed E-state index contributed by atoms with van der Waals surface area (Å²) >= 11 is 12.0. The first-order valence-corrected chi connectivity index (χ1v) is 26.6. The molecule has 2 aliphatic rings. The highest BCUT2D eigenvalue weighted by Gasteiger charge is 2.37. The summed E-state index contributed by atoms with van der Waals surface area (Å²) in [6, 6.07) is 31.5. The van der Waals surface area contributed by atoms with Crippen LogP contribution in [-0.4, -0.2) is 86.7 Å². The predicted molar refractivity (Wildman–Crippen MR) is 260 cm³/mol. The van der Waals surface area contributed by atoms with Gasteiger partial charge in [-0.1, -0.05) is 59.6 Å². The molecule has 0 amide bonds. The van der Waals surface area contributed by atoms with Gasteiger partial charge < -0.3 is 14.6 Å². The van der Waals surface area contributed by atoms with Gasteiger partial charge in [-0.05, 0) is 96.1 Å². The minimum atomic E-state index is -4.27. The van der Waals surface area contributed by atoms with Crippen molar-refractivity contribution < 1.29 is 62.4 Å². The number of anilines is 2. The van der Waals surface area contributed by atoms with Crippen LogP contribution in [0.15, 0.2) is 131 Å². The number of hydrogen-bond donors (Lipinski definition) is 1. The third kappa shape index (κ3) is 11.9. The van der Waals surface area contributed by atoms with Crippen LogP contribution in [0.2, 0.25) is 10.0 Å². The maximum Gasteiger partial charge on any atom is 0.264 e. The number of aliphatic hydroxyl groups is 1. The maximum absolute atomic E-state index is 14.3. The Hall–Kier alpha value is -6.95. The summed E-state index contributed by atoms with van der Waals surface area (Å²) in [4.78, 5) is 25.3. The molecule has 0 saturated carbocycles. The van der Waals surface area contributed by atoms with E-state index < -0.39 is 78.8 Å². The molecule has 16 nitrogen and oxygen atoms in total. The van der Waals surface area contributed by atoms with Crippen LogP contribution in [0, 0.1) is 34.3 Å². The van der Waals surface area contributed by atoms with Gasteiger partial charge in [0, 0.05) is 12.8 Å². The van der Waals surface area contributed by atoms with Gasteiger partial charge in [-0.25, -0.2) is 25.6 Å². The number of nitriles is 2. The van der Waals surface area contributed by atoms with Crippen molar-refractivity contribution >= 4 is 76.3 Å². The third-order valence-corrected chi connectivity index (χ3v) is 15.6. The summed E-state index contributed by atoms with van der Waals surface area (Å²) in [5, 5.41) is 27.9. The van der Waals surface area contributed by atoms with Crippen molar-refractivity contribution in [3.8, 4) is 23.6 Å². The molecule has 2 aliphatic heterocycles. The number of nitrogens with zero attached hydrogens (tertiary/aromatic N) is 4. The van der Waals surface area contributed by atoms with Gasteiger partial charge in [-0.3, -0.25) is 22.4 Å². The molecular formula is C49H38Cl2F2N4O12S3. The largest absolute Gasteiger partial charge is 0.484 e. The Morgan fingerprint density at radius 3 is 1.47 bits per heavy atom. The van der Waals surface area contributed by atoms with E-state index in [0.29, 0.717) is 11.1 Å². The number of ketones is 2. The molecule has 72 heavy (non-hydrogen) atoms. The van der Waals surface area contributed by atoms with Crippen molar-refractivity contribution in [3.05, 3.63) is 176 Å². The molecular weight excluding hydrogens is 1040 g/mol. The smallest absolute Gasteiger partial charge is 0.264 e. The van der Waals surface area contributed by atoms with Gasteiger partial charge in [0.05, 0.1) is 91.6 Å². The minimum Gasteiger partial charge on any atom is -0.484 e. The van der Waals surface area contributed by atoms with Gasteiger partial charge in [0.15, 0.2) is 11.6 Å². The molecule has 372 valence electrons. The van der Waals surface area contributed by atoms with E-state index in [1.165, 1.54) is 103 Å². The van der Waals surface area contributed by atoms with E-state index >= 15 is 0 Å². The maximum atomic E-state index is 14.3. The fraction of sp³-hybridized carbons (Fsp3) is 0.184. The number of benzene rings is 6. The summed E-state index contributed by atoms with van der Waals surface area (Å²) in [5.74, 6) is -2.40. The van der Waals surface area contributed by atoms with Gasteiger partial charge >= 0.3 is 0 Å². The first-order valence-electron chi connectivity index (χ1n) is 21.2. The Bertz CT molecular complexity index is 3520. The lowest BCUT2D eigenvalue weighted by molar-refractivity contribution is 0.0980. The monoisotopic (exact) mass is 1080 g/mol. The lowest BCUT2D eigenvalue weighted by Crippen LogP contribution is -2.45. The third-order valence-electron chi connectivity index (χ3n) is 10.9. The number of rotatable bonds is 14. The SMILES string of the molecule is CS(=O)(=O)OC[C@H]1CN(S(=O)(=O)c2cccc(C#N)c2)c2cc(CC(=O)c3c(F)cccc3Cl)ccc2O1.N#Cc1cccc(S(=O)(=O)N2C[C@H](CO)Oc3ccc(CC(=O)c4c(F)cccc4Cl)cc32)c1. The van der Waals surface area contributed by atoms with Gasteiger partial charge in [-0.15, -0.1) is 0 Å². The zero-order valence-electron chi connectivity index (χ0n) is 37.4. The standard InChI is InChI=1S/C25H20ClFN2O7S2.C24H18ClFN2O5S/c1-37(31,32)35-15-18-14-29(38(33,34)19-5-2-4-17(10-19)13-28)22-11-16(8-9-24(22)36-18)12-23(30)25-20(26)6-3-7-21(25)27;25-19-5-2-6-20(26)24(19)22(30)11-15-7-8-23-21(10-15)28(13-17(14-29)33-23)34(31,32)18-4-1-3-16(9-18)12-27/h2-11,18H,12,14-15H2,1H3;1-10,17,29H,11,13-14H2/t18-;17-/m11/s1. The highest BCUT2D eigenvalue weighted by molar-refractivity contribution is 7.93. The van der Waals surface area contributed by atoms with Crippen LogP contribution in [0.4, 0.5) is 20.2 Å². The number of sulfonamides is 2. The van der Waals surface area contributed by atoms with Crippen LogP contribution >= 0.6 is 23.2 Å². The molecule has 0 aromatic heterocycles. The number of hydrogen-bond acceptors (Lipinski definition) is 14. The van der Waals surface area contributed by atoms with Gasteiger partial charge in [0.2, 0.25) is 0 Å². The molecule has 0 radical (unpaired) electrons. The van der Waals surface area contributed by atoms with E-state index in [9.17, 15) is 54.0 Å². The quantitative estimate of drug-likeness (QED) is 0.0825. The van der Waals surface area contributed by atoms with Crippen molar-refractivity contribution in [2.45, 2.75) is 34.8 Å². The Balaban J connectivity index is 0.000000213. The number of fused-ring (bicyclic) bond motifs is 2. The Morgan fingerprint density at radius 1 is 0.653 bits per heavy atom. The fourth-order valence-corrected chi connectivity index (χ4v) is 11.6. The molecule has 23 heteroatoms. The lowest BCUT2D eigenvalue weighted by Gasteiger charge is -2.35. The summed E-state index contributed by atoms with van der Waals surface area (Å²) in [7, 11) is -12.2. The number of Topliss-reactive ketones (excluding diaryl/α,β-unsaturated/α-hetero) is 2. The first kappa shape index (κ1) is 52.9. The van der Waals surface area contributed by atoms with E-state index in [1.54, 1.807) is 6.07 Å². The zero-order chi connectivity index (χ0) is 52.1. The molecule has 8 rings (SSSR count). The molecule has 6 aromatic carbocycles. The van der Waals surface area contributed by atoms with Gasteiger partial charge in [-0.2, -0.15) is 18.9 Å². The summed E-state index contributed by atoms with van der Waals surface area (Å²) in [6.45, 7) is -1.37. The number of halogens is 4. The van der Waals surface area contributed by atoms with E-state index in [0.717, 1.165) is 27.0 Å². The first-order chi connectivity index (χ1) is 34.1. The van der Waals surface area contributed by atoms with Crippen molar-refractivity contribution in [2.24, 2.45) is 0 Å². The molecule has 6 aromatic rings. The van der Waals surface area contributed by atoms with Gasteiger partial charge in [0.25, 0.3) is 30.2 Å². The Labute approximate surface area is 423 Å². The van der Waals surface area contributed by atoms with Crippen LogP contribution in [-0.2, 0) is 47.2 Å². The second-order valence-corrected chi connectivity index (χ2v) is 22.2. The van der Waals surface area contributed by atoms with Crippen LogP contribution < -0.4 is 18.1 Å². The highest BCUT2D eigenvalue weighted by Crippen LogP contribution is 2.40. The van der Waals surface area contributed by atoms with Crippen molar-refractivity contribution in [1.29, 1.82) is 10.5 Å². The molecule has 2 heterocycles. The molecule has 0 fully saturated rings. The molecule has 0 spiro atoms. The number of ether oxygens (including phenoxy) is 2. The predicted octanol–water partition coefficient (Wildman–Crippen LogP) is 7.43. The van der Waals surface area contributed by atoms with E-state index in [4.69, 9.17) is 42.1 Å². The highest BCUT2D eigenvalue weighted by atomic mass is 35.5. The van der Waals surface area contributed by atoms with Crippen LogP contribution in [0.3, 0.4) is 0 Å². The number of carbonyl (C=O) groups is 2.